The number of aliphatic carboxylic acids is 4. The fourth-order valence-electron chi connectivity index (χ4n) is 9.53. The monoisotopic (exact) mass is 1400 g/mol. The van der Waals surface area contributed by atoms with Gasteiger partial charge in [-0.1, -0.05) is 26.8 Å². The molecule has 0 bridgehead atoms. The average Bonchev–Trinajstić information content (AvgIpc) is 1.03. The number of β-amino-alcohol motifs (C(OH)–C–C–N with tert-alkyl or cyclic N) is 2. The smallest absolute Gasteiger partial charge is 0.490 e. The Hall–Kier alpha value is -8.85. The lowest BCUT2D eigenvalue weighted by Crippen LogP contribution is -2.53. The van der Waals surface area contributed by atoms with Gasteiger partial charge in [0, 0.05) is 129 Å². The molecular formula is C60H89F3N14O19S. The Morgan fingerprint density at radius 2 is 1.29 bits per heavy atom. The van der Waals surface area contributed by atoms with Crippen molar-refractivity contribution in [1.29, 1.82) is 0 Å². The average molecular weight is 1400 g/mol. The SMILES string of the molecule is CCC(=O)NC(CC)C(=O)NC(CC)C(=O)NCCNC(=O)CCCOc1cc(C)c(S(=O)(=O)N[C@@H](CNC(=O)c2cn(C)c3cc(CNc4ncc[nH]4)ccc3c2=O)C(=O)O)c(C)c1.CN1CCN(CC(=O)O)CCN(CC(=O)O)CCN(CC(O)O)CC1.O=C(O)C(F)(F)F. The lowest BCUT2D eigenvalue weighted by molar-refractivity contribution is -0.192. The van der Waals surface area contributed by atoms with Crippen LogP contribution in [0.15, 0.2) is 58.6 Å². The normalized spacial score (nSPS) is 14.7. The van der Waals surface area contributed by atoms with E-state index in [-0.39, 0.29) is 91.0 Å². The number of carboxylic acids is 4. The van der Waals surface area contributed by atoms with Crippen LogP contribution in [0.2, 0.25) is 0 Å². The molecule has 5 rings (SSSR count). The molecule has 1 saturated heterocycles. The number of aromatic amines is 1. The molecule has 0 radical (unpaired) electrons. The van der Waals surface area contributed by atoms with Crippen molar-refractivity contribution in [2.45, 2.75) is 109 Å². The number of alkyl halides is 3. The molecule has 3 heterocycles. The molecule has 3 atom stereocenters. The van der Waals surface area contributed by atoms with Crippen molar-refractivity contribution in [1.82, 2.24) is 65.4 Å². The summed E-state index contributed by atoms with van der Waals surface area (Å²) in [6.07, 6.45) is -0.608. The summed E-state index contributed by atoms with van der Waals surface area (Å²) < 4.78 is 68.4. The summed E-state index contributed by atoms with van der Waals surface area (Å²) in [4.78, 5) is 134. The number of aromatic nitrogens is 3. The number of hydrogen-bond acceptors (Lipinski definition) is 21. The molecule has 14 N–H and O–H groups in total. The Morgan fingerprint density at radius 1 is 0.732 bits per heavy atom. The maximum absolute atomic E-state index is 13.6. The second kappa shape index (κ2) is 40.6. The number of ether oxygens (including phenoxy) is 1. The van der Waals surface area contributed by atoms with Crippen molar-refractivity contribution >= 4 is 80.3 Å². The minimum absolute atomic E-state index is 0.0718. The number of nitrogens with one attached hydrogen (secondary N) is 8. The number of hydrogen-bond donors (Lipinski definition) is 14. The van der Waals surface area contributed by atoms with Crippen LogP contribution in [-0.2, 0) is 62.0 Å². The number of sulfonamides is 1. The van der Waals surface area contributed by atoms with Gasteiger partial charge in [0.2, 0.25) is 39.1 Å². The van der Waals surface area contributed by atoms with Crippen LogP contribution in [0, 0.1) is 13.8 Å². The van der Waals surface area contributed by atoms with E-state index in [9.17, 15) is 80.1 Å². The number of fused-ring (bicyclic) bond motifs is 1. The highest BCUT2D eigenvalue weighted by molar-refractivity contribution is 7.89. The largest absolute Gasteiger partial charge is 0.494 e. The number of anilines is 1. The number of carbonyl (C=O) groups is 9. The minimum Gasteiger partial charge on any atom is -0.494 e. The quantitative estimate of drug-likeness (QED) is 0.0216. The van der Waals surface area contributed by atoms with E-state index in [2.05, 4.69) is 51.5 Å². The minimum atomic E-state index is -5.08. The van der Waals surface area contributed by atoms with E-state index in [1.54, 1.807) is 67.9 Å². The molecule has 1 fully saturated rings. The topological polar surface area (TPSA) is 466 Å². The van der Waals surface area contributed by atoms with Gasteiger partial charge in [-0.15, -0.1) is 0 Å². The summed E-state index contributed by atoms with van der Waals surface area (Å²) in [5.41, 5.74) is 1.05. The van der Waals surface area contributed by atoms with E-state index in [0.29, 0.717) is 95.4 Å². The molecule has 540 valence electrons. The number of rotatable bonds is 31. The Labute approximate surface area is 557 Å². The van der Waals surface area contributed by atoms with Gasteiger partial charge in [-0.25, -0.2) is 18.2 Å². The van der Waals surface area contributed by atoms with Crippen molar-refractivity contribution in [3.63, 3.8) is 0 Å². The van der Waals surface area contributed by atoms with Crippen molar-refractivity contribution in [3.05, 3.63) is 81.4 Å². The third kappa shape index (κ3) is 29.6. The molecule has 1 aliphatic rings. The van der Waals surface area contributed by atoms with Gasteiger partial charge in [0.05, 0.1) is 30.1 Å². The number of carbonyl (C=O) groups excluding carboxylic acids is 5. The summed E-state index contributed by atoms with van der Waals surface area (Å²) in [6, 6.07) is 4.67. The van der Waals surface area contributed by atoms with Crippen LogP contribution < -0.4 is 46.8 Å². The third-order valence-electron chi connectivity index (χ3n) is 14.6. The first-order valence-corrected chi connectivity index (χ1v) is 32.3. The summed E-state index contributed by atoms with van der Waals surface area (Å²) in [6.45, 7) is 12.6. The fraction of sp³-hybridized carbons (Fsp3) is 0.550. The number of imidazole rings is 1. The maximum Gasteiger partial charge on any atom is 0.490 e. The summed E-state index contributed by atoms with van der Waals surface area (Å²) in [5.74, 6) is -7.61. The van der Waals surface area contributed by atoms with Gasteiger partial charge in [-0.3, -0.25) is 57.9 Å². The highest BCUT2D eigenvalue weighted by Gasteiger charge is 2.38. The predicted molar refractivity (Wildman–Crippen MR) is 345 cm³/mol. The molecule has 0 spiro atoms. The van der Waals surface area contributed by atoms with Gasteiger partial charge in [-0.05, 0) is 81.1 Å². The number of aryl methyl sites for hydroxylation is 3. The zero-order valence-electron chi connectivity index (χ0n) is 55.0. The Balaban J connectivity index is 0.000000628. The van der Waals surface area contributed by atoms with Gasteiger partial charge >= 0.3 is 30.1 Å². The van der Waals surface area contributed by atoms with Crippen LogP contribution in [0.5, 0.6) is 5.75 Å². The highest BCUT2D eigenvalue weighted by atomic mass is 32.2. The van der Waals surface area contributed by atoms with Crippen molar-refractivity contribution in [3.8, 4) is 5.75 Å². The fourth-order valence-corrected chi connectivity index (χ4v) is 11.2. The number of nitrogens with zero attached hydrogens (tertiary/aromatic N) is 6. The number of pyridine rings is 1. The molecule has 2 aromatic carbocycles. The number of aliphatic hydroxyl groups is 2. The highest BCUT2D eigenvalue weighted by Crippen LogP contribution is 2.26. The maximum atomic E-state index is 13.6. The lowest BCUT2D eigenvalue weighted by Gasteiger charge is -2.32. The van der Waals surface area contributed by atoms with Crippen LogP contribution in [0.4, 0.5) is 19.1 Å². The summed E-state index contributed by atoms with van der Waals surface area (Å²) in [7, 11) is -0.869. The molecule has 5 amide bonds. The van der Waals surface area contributed by atoms with E-state index in [4.69, 9.17) is 24.9 Å². The zero-order chi connectivity index (χ0) is 72.7. The van der Waals surface area contributed by atoms with Crippen LogP contribution in [-0.4, -0.2) is 262 Å². The number of H-pyrrole nitrogens is 1. The number of likely N-dealkylation sites (N-methyl/N-ethyl adjacent to an activating group) is 1. The second-order valence-electron chi connectivity index (χ2n) is 22.4. The van der Waals surface area contributed by atoms with Gasteiger partial charge in [-0.2, -0.15) is 17.9 Å². The zero-order valence-corrected chi connectivity index (χ0v) is 55.8. The van der Waals surface area contributed by atoms with Crippen molar-refractivity contribution in [2.24, 2.45) is 7.05 Å². The Bertz CT molecular complexity index is 3450. The lowest BCUT2D eigenvalue weighted by atomic mass is 10.1. The van der Waals surface area contributed by atoms with E-state index < -0.39 is 94.2 Å². The van der Waals surface area contributed by atoms with Gasteiger partial charge in [0.15, 0.2) is 12.2 Å². The van der Waals surface area contributed by atoms with Crippen LogP contribution in [0.25, 0.3) is 10.9 Å². The number of carboxylic acid groups (broad SMARTS) is 4. The summed E-state index contributed by atoms with van der Waals surface area (Å²) in [5, 5.41) is 70.0. The standard InChI is InChI=1S/C43H58N10O11S.C15H30N4O6.C2HF3O2/c1-7-31(51-41(59)32(8-2)50-35(54)9-3)40(58)45-15-14-44-36(55)11-10-18-64-28-19-25(4)38(26(5)20-28)65(62,63)52-33(42(60)61)23-48-39(57)30-24-53(6)34-21-27(12-13-29(34)37(30)56)22-49-43-46-16-17-47-43;1-16-2-4-17(10-13(20)21)6-8-19(12-15(24)25)9-7-18(5-3-16)11-14(22)23;3-2(4,5)1(6)7/h12-13,16-17,19-21,24,31-33,52H,7-11,14-15,18,22-23H2,1-6H3,(H,44,55)(H,45,58)(H,48,57)(H,50,54)(H,51,59)(H,60,61)(H2,46,47,49);13,20-21H,2-12H2,1H3,(H,22,23)(H,24,25);(H,6,7)/t31?,32?,33-;;/m0../s1. The molecule has 2 aromatic heterocycles. The van der Waals surface area contributed by atoms with Crippen LogP contribution >= 0.6 is 0 Å². The van der Waals surface area contributed by atoms with Gasteiger partial charge in [0.25, 0.3) is 5.91 Å². The molecular weight excluding hydrogens is 1310 g/mol. The molecule has 0 aliphatic carbocycles. The van der Waals surface area contributed by atoms with E-state index in [0.717, 1.165) is 5.56 Å². The summed E-state index contributed by atoms with van der Waals surface area (Å²) >= 11 is 0. The molecule has 4 aromatic rings. The molecule has 0 saturated carbocycles. The first-order chi connectivity index (χ1) is 45.6. The molecule has 37 heteroatoms. The number of amides is 5. The van der Waals surface area contributed by atoms with E-state index >= 15 is 0 Å². The Morgan fingerprint density at radius 3 is 1.81 bits per heavy atom. The van der Waals surface area contributed by atoms with Crippen molar-refractivity contribution < 1.29 is 100 Å². The van der Waals surface area contributed by atoms with Gasteiger partial charge < -0.3 is 81.7 Å². The third-order valence-corrected chi connectivity index (χ3v) is 16.4. The van der Waals surface area contributed by atoms with E-state index in [1.165, 1.54) is 32.2 Å². The predicted octanol–water partition coefficient (Wildman–Crippen LogP) is -0.806. The van der Waals surface area contributed by atoms with Gasteiger partial charge in [0.1, 0.15) is 29.4 Å². The van der Waals surface area contributed by atoms with Crippen LogP contribution in [0.3, 0.4) is 0 Å². The number of benzene rings is 2. The van der Waals surface area contributed by atoms with Crippen molar-refractivity contribution in [2.75, 3.05) is 111 Å². The second-order valence-corrected chi connectivity index (χ2v) is 24.1. The molecule has 2 unspecified atom stereocenters. The first-order valence-electron chi connectivity index (χ1n) is 30.8. The van der Waals surface area contributed by atoms with E-state index in [1.807, 2.05) is 16.8 Å². The Kier molecular flexibility index (Phi) is 34.5. The number of aliphatic hydroxyl groups excluding tert-OH is 1. The first kappa shape index (κ1) is 82.4. The number of halogens is 3. The molecule has 1 aliphatic heterocycles. The molecule has 97 heavy (non-hydrogen) atoms. The molecule has 33 nitrogen and oxygen atoms in total. The van der Waals surface area contributed by atoms with Crippen LogP contribution in [0.1, 0.15) is 79.9 Å².